The Kier molecular flexibility index (Phi) is 5.03. The molecule has 2 aromatic rings. The second-order valence-corrected chi connectivity index (χ2v) is 7.86. The number of amides is 4. The maximum absolute atomic E-state index is 13.1. The third kappa shape index (κ3) is 3.43. The molecule has 0 aliphatic carbocycles. The Morgan fingerprint density at radius 2 is 1.70 bits per heavy atom. The summed E-state index contributed by atoms with van der Waals surface area (Å²) in [7, 11) is 1.73. The van der Waals surface area contributed by atoms with Gasteiger partial charge in [-0.15, -0.1) is 0 Å². The molecule has 2 heterocycles. The van der Waals surface area contributed by atoms with Gasteiger partial charge in [-0.2, -0.15) is 0 Å². The number of hydrogen-bond donors (Lipinski definition) is 2. The van der Waals surface area contributed by atoms with Gasteiger partial charge in [0, 0.05) is 18.9 Å². The molecule has 1 saturated heterocycles. The van der Waals surface area contributed by atoms with Crippen LogP contribution in [0.3, 0.4) is 0 Å². The Morgan fingerprint density at radius 1 is 1.03 bits per heavy atom. The molecule has 0 saturated carbocycles. The van der Waals surface area contributed by atoms with Crippen LogP contribution in [0.25, 0.3) is 0 Å². The summed E-state index contributed by atoms with van der Waals surface area (Å²) in [5, 5.41) is 5.69. The molecule has 2 aliphatic rings. The smallest absolute Gasteiger partial charge is 0.329 e. The van der Waals surface area contributed by atoms with Crippen molar-refractivity contribution in [3.05, 3.63) is 71.9 Å². The maximum Gasteiger partial charge on any atom is 0.329 e. The van der Waals surface area contributed by atoms with Crippen LogP contribution in [0.5, 0.6) is 0 Å². The maximum atomic E-state index is 13.1. The zero-order valence-electron chi connectivity index (χ0n) is 17.1. The molecule has 1 fully saturated rings. The number of anilines is 2. The summed E-state index contributed by atoms with van der Waals surface area (Å²) in [6.07, 6.45) is 1.62. The molecule has 0 bridgehead atoms. The number of carbonyl (C=O) groups is 3. The lowest BCUT2D eigenvalue weighted by Crippen LogP contribution is -2.65. The molecule has 0 spiro atoms. The molecule has 154 valence electrons. The van der Waals surface area contributed by atoms with Crippen LogP contribution in [0.2, 0.25) is 0 Å². The van der Waals surface area contributed by atoms with E-state index >= 15 is 0 Å². The van der Waals surface area contributed by atoms with Gasteiger partial charge in [0.15, 0.2) is 0 Å². The lowest BCUT2D eigenvalue weighted by molar-refractivity contribution is -0.122. The van der Waals surface area contributed by atoms with E-state index in [0.29, 0.717) is 22.9 Å². The molecule has 7 nitrogen and oxygen atoms in total. The van der Waals surface area contributed by atoms with E-state index in [1.165, 1.54) is 5.56 Å². The predicted octanol–water partition coefficient (Wildman–Crippen LogP) is 3.07. The van der Waals surface area contributed by atoms with Crippen molar-refractivity contribution < 1.29 is 14.4 Å². The minimum atomic E-state index is -0.704. The number of fused-ring (bicyclic) bond motifs is 1. The number of hydrogen-bond acceptors (Lipinski definition) is 4. The van der Waals surface area contributed by atoms with Crippen molar-refractivity contribution in [2.45, 2.75) is 31.8 Å². The van der Waals surface area contributed by atoms with Gasteiger partial charge in [-0.1, -0.05) is 44.2 Å². The van der Waals surface area contributed by atoms with E-state index in [2.05, 4.69) is 24.5 Å². The van der Waals surface area contributed by atoms with Crippen LogP contribution in [0.15, 0.2) is 66.4 Å². The first-order valence-corrected chi connectivity index (χ1v) is 9.91. The Labute approximate surface area is 175 Å². The van der Waals surface area contributed by atoms with Gasteiger partial charge < -0.3 is 15.5 Å². The molecule has 2 aromatic carbocycles. The Bertz CT molecular complexity index is 1010. The lowest BCUT2D eigenvalue weighted by Gasteiger charge is -2.37. The predicted molar refractivity (Wildman–Crippen MR) is 115 cm³/mol. The number of nitrogens with zero attached hydrogens (tertiary/aromatic N) is 2. The second kappa shape index (κ2) is 7.67. The first-order chi connectivity index (χ1) is 14.4. The highest BCUT2D eigenvalue weighted by atomic mass is 16.2. The summed E-state index contributed by atoms with van der Waals surface area (Å²) in [6.45, 7) is 4.21. The SMILES string of the molecule is CC(C)c1ccc(NC(=O)C2=CN(C)C3C(=O)N(c4ccccc4)C(=O)NC23)cc1. The molecular formula is C23H24N4O3. The van der Waals surface area contributed by atoms with E-state index in [1.807, 2.05) is 30.3 Å². The normalized spacial score (nSPS) is 20.7. The van der Waals surface area contributed by atoms with Crippen LogP contribution in [-0.4, -0.2) is 41.9 Å². The van der Waals surface area contributed by atoms with Gasteiger partial charge in [-0.25, -0.2) is 9.69 Å². The van der Waals surface area contributed by atoms with Crippen LogP contribution in [-0.2, 0) is 9.59 Å². The number of benzene rings is 2. The van der Waals surface area contributed by atoms with Crippen molar-refractivity contribution in [3.8, 4) is 0 Å². The highest BCUT2D eigenvalue weighted by molar-refractivity contribution is 6.20. The number of urea groups is 1. The quantitative estimate of drug-likeness (QED) is 0.821. The third-order valence-electron chi connectivity index (χ3n) is 5.50. The molecule has 2 N–H and O–H groups in total. The first-order valence-electron chi connectivity index (χ1n) is 9.91. The topological polar surface area (TPSA) is 81.8 Å². The minimum absolute atomic E-state index is 0.340. The standard InChI is InChI=1S/C23H24N4O3/c1-14(2)15-9-11-16(12-10-15)24-21(28)18-13-26(3)20-19(18)25-23(30)27(22(20)29)17-7-5-4-6-8-17/h4-14,19-20H,1-3H3,(H,24,28)(H,25,30). The summed E-state index contributed by atoms with van der Waals surface area (Å²) in [4.78, 5) is 41.5. The van der Waals surface area contributed by atoms with E-state index in [0.717, 1.165) is 4.90 Å². The Morgan fingerprint density at radius 3 is 2.33 bits per heavy atom. The highest BCUT2D eigenvalue weighted by Gasteiger charge is 2.49. The summed E-state index contributed by atoms with van der Waals surface area (Å²) < 4.78 is 0. The van der Waals surface area contributed by atoms with Crippen molar-refractivity contribution in [1.29, 1.82) is 0 Å². The number of rotatable bonds is 4. The molecule has 7 heteroatoms. The van der Waals surface area contributed by atoms with Crippen molar-refractivity contribution in [1.82, 2.24) is 10.2 Å². The molecule has 0 aromatic heterocycles. The van der Waals surface area contributed by atoms with E-state index in [9.17, 15) is 14.4 Å². The van der Waals surface area contributed by atoms with Gasteiger partial charge in [0.25, 0.3) is 11.8 Å². The molecule has 2 atom stereocenters. The Hall–Kier alpha value is -3.61. The van der Waals surface area contributed by atoms with E-state index in [1.54, 1.807) is 42.4 Å². The molecular weight excluding hydrogens is 380 g/mol. The number of carbonyl (C=O) groups excluding carboxylic acids is 3. The van der Waals surface area contributed by atoms with Gasteiger partial charge in [0.2, 0.25) is 0 Å². The van der Waals surface area contributed by atoms with Crippen LogP contribution in [0.4, 0.5) is 16.2 Å². The van der Waals surface area contributed by atoms with Crippen LogP contribution in [0.1, 0.15) is 25.3 Å². The van der Waals surface area contributed by atoms with Crippen molar-refractivity contribution >= 4 is 29.2 Å². The van der Waals surface area contributed by atoms with Crippen molar-refractivity contribution in [3.63, 3.8) is 0 Å². The zero-order chi connectivity index (χ0) is 21.4. The number of likely N-dealkylation sites (N-methyl/N-ethyl adjacent to an activating group) is 1. The van der Waals surface area contributed by atoms with Crippen molar-refractivity contribution in [2.75, 3.05) is 17.3 Å². The summed E-state index contributed by atoms with van der Waals surface area (Å²) in [6, 6.07) is 14.5. The van der Waals surface area contributed by atoms with Crippen LogP contribution < -0.4 is 15.5 Å². The molecule has 2 aliphatic heterocycles. The van der Waals surface area contributed by atoms with Gasteiger partial charge in [-0.3, -0.25) is 9.59 Å². The number of para-hydroxylation sites is 1. The van der Waals surface area contributed by atoms with E-state index in [4.69, 9.17) is 0 Å². The summed E-state index contributed by atoms with van der Waals surface area (Å²) >= 11 is 0. The summed E-state index contributed by atoms with van der Waals surface area (Å²) in [5.74, 6) is -0.302. The van der Waals surface area contributed by atoms with Gasteiger partial charge in [0.1, 0.15) is 6.04 Å². The van der Waals surface area contributed by atoms with Gasteiger partial charge in [-0.05, 0) is 35.7 Å². The van der Waals surface area contributed by atoms with Crippen molar-refractivity contribution in [2.24, 2.45) is 0 Å². The summed E-state index contributed by atoms with van der Waals surface area (Å²) in [5.41, 5.74) is 2.69. The monoisotopic (exact) mass is 404 g/mol. The zero-order valence-corrected chi connectivity index (χ0v) is 17.1. The average Bonchev–Trinajstić information content (AvgIpc) is 3.05. The number of nitrogens with one attached hydrogen (secondary N) is 2. The fourth-order valence-electron chi connectivity index (χ4n) is 3.86. The van der Waals surface area contributed by atoms with Gasteiger partial charge in [0.05, 0.1) is 17.3 Å². The van der Waals surface area contributed by atoms with Crippen LogP contribution >= 0.6 is 0 Å². The number of imide groups is 1. The first kappa shape index (κ1) is 19.7. The minimum Gasteiger partial charge on any atom is -0.366 e. The molecule has 30 heavy (non-hydrogen) atoms. The second-order valence-electron chi connectivity index (χ2n) is 7.86. The fraction of sp³-hybridized carbons (Fsp3) is 0.261. The third-order valence-corrected chi connectivity index (χ3v) is 5.50. The fourth-order valence-corrected chi connectivity index (χ4v) is 3.86. The molecule has 4 amide bonds. The van der Waals surface area contributed by atoms with Crippen LogP contribution in [0, 0.1) is 0 Å². The lowest BCUT2D eigenvalue weighted by atomic mass is 9.98. The Balaban J connectivity index is 1.53. The van der Waals surface area contributed by atoms with E-state index < -0.39 is 18.1 Å². The molecule has 4 rings (SSSR count). The molecule has 2 unspecified atom stereocenters. The largest absolute Gasteiger partial charge is 0.366 e. The van der Waals surface area contributed by atoms with Gasteiger partial charge >= 0.3 is 6.03 Å². The average molecular weight is 404 g/mol. The van der Waals surface area contributed by atoms with E-state index in [-0.39, 0.29) is 11.8 Å². The highest BCUT2D eigenvalue weighted by Crippen LogP contribution is 2.30. The molecule has 0 radical (unpaired) electrons.